The zero-order chi connectivity index (χ0) is 17.2. The third kappa shape index (κ3) is 3.70. The Kier molecular flexibility index (Phi) is 4.73. The summed E-state index contributed by atoms with van der Waals surface area (Å²) < 4.78 is 5.12. The molecule has 1 N–H and O–H groups in total. The molecule has 0 atom stereocenters. The van der Waals surface area contributed by atoms with Gasteiger partial charge in [-0.2, -0.15) is 0 Å². The highest BCUT2D eigenvalue weighted by atomic mass is 16.5. The Morgan fingerprint density at radius 1 is 1.30 bits per heavy atom. The number of nitrogens with one attached hydrogen (secondary N) is 1. The summed E-state index contributed by atoms with van der Waals surface area (Å²) >= 11 is 0. The first-order valence-electron chi connectivity index (χ1n) is 7.60. The van der Waals surface area contributed by atoms with Crippen LogP contribution in [0, 0.1) is 0 Å². The van der Waals surface area contributed by atoms with Crippen molar-refractivity contribution in [2.75, 3.05) is 13.7 Å². The average molecular weight is 317 g/mol. The maximum absolute atomic E-state index is 12.7. The third-order valence-corrected chi connectivity index (χ3v) is 3.61. The quantitative estimate of drug-likeness (QED) is 0.896. The number of benzene rings is 1. The molecule has 1 heterocycles. The maximum Gasteiger partial charge on any atom is 0.275 e. The van der Waals surface area contributed by atoms with Crippen LogP contribution >= 0.6 is 0 Å². The minimum absolute atomic E-state index is 0.00678. The summed E-state index contributed by atoms with van der Waals surface area (Å²) in [4.78, 5) is 30.7. The minimum Gasteiger partial charge on any atom is -0.497 e. The Morgan fingerprint density at radius 3 is 2.43 bits per heavy atom. The molecule has 0 fully saturated rings. The molecule has 124 valence electrons. The number of carbonyl (C=O) groups excluding carboxylic acids is 2. The van der Waals surface area contributed by atoms with Gasteiger partial charge in [0.25, 0.3) is 5.91 Å². The van der Waals surface area contributed by atoms with Crippen LogP contribution in [-0.2, 0) is 9.59 Å². The Labute approximate surface area is 136 Å². The van der Waals surface area contributed by atoms with Crippen molar-refractivity contribution in [3.8, 4) is 5.75 Å². The fourth-order valence-corrected chi connectivity index (χ4v) is 2.47. The molecule has 0 saturated carbocycles. The number of hydrogen-bond acceptors (Lipinski definition) is 4. The lowest BCUT2D eigenvalue weighted by Gasteiger charge is -2.29. The molecule has 2 amide bonds. The molecule has 2 rings (SSSR count). The zero-order valence-electron chi connectivity index (χ0n) is 14.2. The molecule has 0 aliphatic carbocycles. The van der Waals surface area contributed by atoms with E-state index in [1.54, 1.807) is 31.4 Å². The Hall–Kier alpha value is -2.37. The van der Waals surface area contributed by atoms with E-state index >= 15 is 0 Å². The Balaban J connectivity index is 2.20. The number of ether oxygens (including phenoxy) is 1. The van der Waals surface area contributed by atoms with Crippen LogP contribution in [0.2, 0.25) is 0 Å². The third-order valence-electron chi connectivity index (χ3n) is 3.61. The zero-order valence-corrected chi connectivity index (χ0v) is 14.2. The predicted molar refractivity (Wildman–Crippen MR) is 88.6 cm³/mol. The van der Waals surface area contributed by atoms with Crippen LogP contribution in [0.4, 0.5) is 0 Å². The molecule has 0 saturated heterocycles. The molecule has 0 radical (unpaired) electrons. The molecule has 0 spiro atoms. The van der Waals surface area contributed by atoms with Gasteiger partial charge in [-0.15, -0.1) is 0 Å². The summed E-state index contributed by atoms with van der Waals surface area (Å²) in [6, 6.07) is 7.19. The summed E-state index contributed by atoms with van der Waals surface area (Å²) in [5, 5.41) is 2.80. The van der Waals surface area contributed by atoms with Gasteiger partial charge in [-0.25, -0.2) is 0 Å². The molecule has 0 bridgehead atoms. The molecule has 1 aliphatic rings. The van der Waals surface area contributed by atoms with Gasteiger partial charge >= 0.3 is 0 Å². The highest BCUT2D eigenvalue weighted by Gasteiger charge is 2.41. The van der Waals surface area contributed by atoms with E-state index in [2.05, 4.69) is 10.3 Å². The second-order valence-electron chi connectivity index (χ2n) is 6.30. The second-order valence-corrected chi connectivity index (χ2v) is 6.30. The van der Waals surface area contributed by atoms with Crippen molar-refractivity contribution in [1.82, 2.24) is 10.2 Å². The molecule has 1 aliphatic heterocycles. The van der Waals surface area contributed by atoms with Gasteiger partial charge in [0, 0.05) is 11.6 Å². The van der Waals surface area contributed by atoms with Crippen LogP contribution in [0.3, 0.4) is 0 Å². The van der Waals surface area contributed by atoms with Gasteiger partial charge in [-0.3, -0.25) is 14.6 Å². The highest BCUT2D eigenvalue weighted by Crippen LogP contribution is 2.26. The van der Waals surface area contributed by atoms with Gasteiger partial charge in [0.15, 0.2) is 0 Å². The predicted octanol–water partition coefficient (Wildman–Crippen LogP) is 1.59. The monoisotopic (exact) mass is 317 g/mol. The number of amides is 2. The first kappa shape index (κ1) is 17.0. The summed E-state index contributed by atoms with van der Waals surface area (Å²) in [7, 11) is 1.59. The van der Waals surface area contributed by atoms with E-state index in [-0.39, 0.29) is 24.4 Å². The minimum atomic E-state index is -0.749. The average Bonchev–Trinajstić information content (AvgIpc) is 2.70. The van der Waals surface area contributed by atoms with Crippen molar-refractivity contribution in [1.29, 1.82) is 0 Å². The lowest BCUT2D eigenvalue weighted by Crippen LogP contribution is -2.49. The SMILES string of the molecule is COc1ccc(C2=NC(C)(C)N(CC(=O)NC(C)C)C2=O)cc1. The molecule has 0 unspecified atom stereocenters. The van der Waals surface area contributed by atoms with E-state index in [9.17, 15) is 9.59 Å². The van der Waals surface area contributed by atoms with Crippen LogP contribution in [-0.4, -0.2) is 47.8 Å². The van der Waals surface area contributed by atoms with Gasteiger partial charge in [0.05, 0.1) is 7.11 Å². The first-order valence-corrected chi connectivity index (χ1v) is 7.60. The summed E-state index contributed by atoms with van der Waals surface area (Å²) in [5.74, 6) is 0.291. The van der Waals surface area contributed by atoms with Crippen LogP contribution in [0.5, 0.6) is 5.75 Å². The number of methoxy groups -OCH3 is 1. The van der Waals surface area contributed by atoms with Crippen molar-refractivity contribution >= 4 is 17.5 Å². The second kappa shape index (κ2) is 6.40. The molecule has 23 heavy (non-hydrogen) atoms. The first-order chi connectivity index (χ1) is 10.7. The van der Waals surface area contributed by atoms with E-state index < -0.39 is 5.66 Å². The molecule has 6 heteroatoms. The van der Waals surface area contributed by atoms with E-state index in [1.165, 1.54) is 4.90 Å². The van der Waals surface area contributed by atoms with Crippen LogP contribution < -0.4 is 10.1 Å². The normalized spacial score (nSPS) is 16.5. The van der Waals surface area contributed by atoms with Gasteiger partial charge in [-0.1, -0.05) is 0 Å². The topological polar surface area (TPSA) is 71.0 Å². The molecule has 6 nitrogen and oxygen atoms in total. The van der Waals surface area contributed by atoms with Gasteiger partial charge in [0.1, 0.15) is 23.7 Å². The molecular weight excluding hydrogens is 294 g/mol. The van der Waals surface area contributed by atoms with Gasteiger partial charge < -0.3 is 15.0 Å². The molecular formula is C17H23N3O3. The fraction of sp³-hybridized carbons (Fsp3) is 0.471. The number of aliphatic imine (C=N–C) groups is 1. The van der Waals surface area contributed by atoms with E-state index in [0.717, 1.165) is 5.56 Å². The highest BCUT2D eigenvalue weighted by molar-refractivity contribution is 6.46. The number of carbonyl (C=O) groups is 2. The summed E-state index contributed by atoms with van der Waals surface area (Å²) in [6.07, 6.45) is 0. The largest absolute Gasteiger partial charge is 0.497 e. The van der Waals surface area contributed by atoms with E-state index in [4.69, 9.17) is 4.74 Å². The maximum atomic E-state index is 12.7. The van der Waals surface area contributed by atoms with Crippen molar-refractivity contribution < 1.29 is 14.3 Å². The molecule has 1 aromatic carbocycles. The standard InChI is InChI=1S/C17H23N3O3/c1-11(2)18-14(21)10-20-16(22)15(19-17(20,3)4)12-6-8-13(23-5)9-7-12/h6-9,11H,10H2,1-5H3,(H,18,21). The van der Waals surface area contributed by atoms with E-state index in [0.29, 0.717) is 11.5 Å². The number of rotatable bonds is 5. The molecule has 1 aromatic rings. The van der Waals surface area contributed by atoms with Crippen molar-refractivity contribution in [2.45, 2.75) is 39.4 Å². The Bertz CT molecular complexity index is 633. The summed E-state index contributed by atoms with van der Waals surface area (Å²) in [5.41, 5.74) is 0.339. The van der Waals surface area contributed by atoms with E-state index in [1.807, 2.05) is 27.7 Å². The Morgan fingerprint density at radius 2 is 1.91 bits per heavy atom. The van der Waals surface area contributed by atoms with Crippen molar-refractivity contribution in [2.24, 2.45) is 4.99 Å². The van der Waals surface area contributed by atoms with Crippen LogP contribution in [0.25, 0.3) is 0 Å². The lowest BCUT2D eigenvalue weighted by atomic mass is 10.1. The smallest absolute Gasteiger partial charge is 0.275 e. The fourth-order valence-electron chi connectivity index (χ4n) is 2.47. The molecule has 0 aromatic heterocycles. The van der Waals surface area contributed by atoms with Crippen LogP contribution in [0.15, 0.2) is 29.3 Å². The van der Waals surface area contributed by atoms with Crippen LogP contribution in [0.1, 0.15) is 33.3 Å². The lowest BCUT2D eigenvalue weighted by molar-refractivity contribution is -0.134. The van der Waals surface area contributed by atoms with Gasteiger partial charge in [-0.05, 0) is 52.0 Å². The van der Waals surface area contributed by atoms with Crippen molar-refractivity contribution in [3.05, 3.63) is 29.8 Å². The van der Waals surface area contributed by atoms with Gasteiger partial charge in [0.2, 0.25) is 5.91 Å². The number of hydrogen-bond donors (Lipinski definition) is 1. The summed E-state index contributed by atoms with van der Waals surface area (Å²) in [6.45, 7) is 7.41. The van der Waals surface area contributed by atoms with Crippen molar-refractivity contribution in [3.63, 3.8) is 0 Å². The number of nitrogens with zero attached hydrogens (tertiary/aromatic N) is 2.